The molecule has 0 fully saturated rings. The maximum Gasteiger partial charge on any atom is 0.251 e. The third kappa shape index (κ3) is 4.47. The van der Waals surface area contributed by atoms with E-state index in [1.807, 2.05) is 24.3 Å². The molecule has 148 valence electrons. The number of carbonyl (C=O) groups excluding carboxylic acids is 1. The number of rotatable bonds is 7. The second-order valence-corrected chi connectivity index (χ2v) is 7.84. The van der Waals surface area contributed by atoms with Crippen molar-refractivity contribution in [2.75, 3.05) is 18.4 Å². The summed E-state index contributed by atoms with van der Waals surface area (Å²) in [5.74, 6) is 0.706. The molecule has 2 aromatic heterocycles. The van der Waals surface area contributed by atoms with Crippen molar-refractivity contribution in [3.05, 3.63) is 47.9 Å². The number of aromatic nitrogens is 4. The Morgan fingerprint density at radius 3 is 2.54 bits per heavy atom. The summed E-state index contributed by atoms with van der Waals surface area (Å²) >= 11 is 0. The van der Waals surface area contributed by atoms with Gasteiger partial charge in [-0.2, -0.15) is 5.10 Å². The van der Waals surface area contributed by atoms with E-state index in [1.54, 1.807) is 10.9 Å². The molecule has 0 saturated carbocycles. The maximum absolute atomic E-state index is 12.4. The highest BCUT2D eigenvalue weighted by atomic mass is 16.1. The molecule has 0 aliphatic rings. The van der Waals surface area contributed by atoms with Crippen molar-refractivity contribution in [3.63, 3.8) is 0 Å². The van der Waals surface area contributed by atoms with Crippen LogP contribution in [0, 0.1) is 0 Å². The fourth-order valence-corrected chi connectivity index (χ4v) is 2.94. The van der Waals surface area contributed by atoms with Crippen LogP contribution in [0.15, 0.2) is 36.8 Å². The SMILES string of the molecule is CCCNc1ncnc2c1cnn2CCNC(=O)c1ccc(C(C)(C)C)cc1. The molecule has 7 heteroatoms. The Morgan fingerprint density at radius 2 is 1.86 bits per heavy atom. The average Bonchev–Trinajstić information content (AvgIpc) is 3.09. The standard InChI is InChI=1S/C21H28N6O/c1-5-10-22-18-17-13-26-27(19(17)25-14-24-18)12-11-23-20(28)15-6-8-16(9-7-15)21(2,3)4/h6-9,13-14H,5,10-12H2,1-4H3,(H,23,28)(H,22,24,25). The van der Waals surface area contributed by atoms with Gasteiger partial charge in [0.1, 0.15) is 12.1 Å². The number of nitrogens with one attached hydrogen (secondary N) is 2. The van der Waals surface area contributed by atoms with Crippen molar-refractivity contribution in [2.24, 2.45) is 0 Å². The van der Waals surface area contributed by atoms with Crippen molar-refractivity contribution in [1.29, 1.82) is 0 Å². The lowest BCUT2D eigenvalue weighted by molar-refractivity contribution is 0.0952. The van der Waals surface area contributed by atoms with Gasteiger partial charge in [-0.15, -0.1) is 0 Å². The zero-order chi connectivity index (χ0) is 20.1. The molecule has 0 radical (unpaired) electrons. The van der Waals surface area contributed by atoms with Gasteiger partial charge in [-0.25, -0.2) is 14.6 Å². The lowest BCUT2D eigenvalue weighted by Crippen LogP contribution is -2.27. The summed E-state index contributed by atoms with van der Waals surface area (Å²) in [6.45, 7) is 10.4. The fraction of sp³-hybridized carbons (Fsp3) is 0.429. The highest BCUT2D eigenvalue weighted by Crippen LogP contribution is 2.22. The molecule has 0 unspecified atom stereocenters. The van der Waals surface area contributed by atoms with Crippen molar-refractivity contribution < 1.29 is 4.79 Å². The van der Waals surface area contributed by atoms with Gasteiger partial charge in [0.15, 0.2) is 5.65 Å². The lowest BCUT2D eigenvalue weighted by atomic mass is 9.87. The number of hydrogen-bond acceptors (Lipinski definition) is 5. The van der Waals surface area contributed by atoms with Crippen LogP contribution < -0.4 is 10.6 Å². The van der Waals surface area contributed by atoms with E-state index in [9.17, 15) is 4.79 Å². The molecule has 0 aliphatic carbocycles. The minimum absolute atomic E-state index is 0.0723. The fourth-order valence-electron chi connectivity index (χ4n) is 2.94. The molecule has 1 amide bonds. The molecule has 0 atom stereocenters. The molecule has 2 N–H and O–H groups in total. The van der Waals surface area contributed by atoms with E-state index >= 15 is 0 Å². The summed E-state index contributed by atoms with van der Waals surface area (Å²) in [5, 5.41) is 11.5. The van der Waals surface area contributed by atoms with Crippen molar-refractivity contribution in [1.82, 2.24) is 25.1 Å². The highest BCUT2D eigenvalue weighted by Gasteiger charge is 2.14. The molecule has 1 aromatic carbocycles. The van der Waals surface area contributed by atoms with Gasteiger partial charge in [0.05, 0.1) is 18.1 Å². The van der Waals surface area contributed by atoms with Crippen LogP contribution in [0.1, 0.15) is 50.0 Å². The first-order valence-corrected chi connectivity index (χ1v) is 9.69. The van der Waals surface area contributed by atoms with E-state index in [4.69, 9.17) is 0 Å². The van der Waals surface area contributed by atoms with Crippen LogP contribution in [0.5, 0.6) is 0 Å². The van der Waals surface area contributed by atoms with Crippen LogP contribution in [0.25, 0.3) is 11.0 Å². The summed E-state index contributed by atoms with van der Waals surface area (Å²) in [7, 11) is 0. The van der Waals surface area contributed by atoms with Gasteiger partial charge in [0.2, 0.25) is 0 Å². The summed E-state index contributed by atoms with van der Waals surface area (Å²) in [6, 6.07) is 7.77. The average molecular weight is 380 g/mol. The third-order valence-electron chi connectivity index (χ3n) is 4.60. The molecule has 7 nitrogen and oxygen atoms in total. The van der Waals surface area contributed by atoms with Gasteiger partial charge in [-0.3, -0.25) is 4.79 Å². The first-order valence-electron chi connectivity index (χ1n) is 9.69. The molecular formula is C21H28N6O. The van der Waals surface area contributed by atoms with Crippen molar-refractivity contribution >= 4 is 22.8 Å². The number of amides is 1. The van der Waals surface area contributed by atoms with Gasteiger partial charge >= 0.3 is 0 Å². The van der Waals surface area contributed by atoms with E-state index in [2.05, 4.69) is 53.4 Å². The second kappa shape index (κ2) is 8.37. The van der Waals surface area contributed by atoms with E-state index in [1.165, 1.54) is 11.9 Å². The maximum atomic E-state index is 12.4. The summed E-state index contributed by atoms with van der Waals surface area (Å²) in [6.07, 6.45) is 4.32. The van der Waals surface area contributed by atoms with Crippen LogP contribution in [-0.2, 0) is 12.0 Å². The summed E-state index contributed by atoms with van der Waals surface area (Å²) in [5.41, 5.74) is 2.70. The minimum Gasteiger partial charge on any atom is -0.369 e. The molecule has 0 aliphatic heterocycles. The van der Waals surface area contributed by atoms with Crippen LogP contribution in [-0.4, -0.2) is 38.7 Å². The number of anilines is 1. The number of hydrogen-bond donors (Lipinski definition) is 2. The molecule has 0 saturated heterocycles. The Labute approximate surface area is 165 Å². The minimum atomic E-state index is -0.0863. The van der Waals surface area contributed by atoms with Gasteiger partial charge in [-0.05, 0) is 29.5 Å². The second-order valence-electron chi connectivity index (χ2n) is 7.84. The Balaban J connectivity index is 1.61. The predicted octanol–water partition coefficient (Wildman–Crippen LogP) is 3.38. The molecular weight excluding hydrogens is 352 g/mol. The van der Waals surface area contributed by atoms with Gasteiger partial charge in [0.25, 0.3) is 5.91 Å². The highest BCUT2D eigenvalue weighted by molar-refractivity contribution is 5.94. The van der Waals surface area contributed by atoms with Gasteiger partial charge in [-0.1, -0.05) is 39.8 Å². The number of benzene rings is 1. The summed E-state index contributed by atoms with van der Waals surface area (Å²) in [4.78, 5) is 21.0. The normalized spacial score (nSPS) is 11.6. The summed E-state index contributed by atoms with van der Waals surface area (Å²) < 4.78 is 1.79. The predicted molar refractivity (Wildman–Crippen MR) is 112 cm³/mol. The van der Waals surface area contributed by atoms with Crippen molar-refractivity contribution in [3.8, 4) is 0 Å². The number of fused-ring (bicyclic) bond motifs is 1. The number of nitrogens with zero attached hydrogens (tertiary/aromatic N) is 4. The Kier molecular flexibility index (Phi) is 5.92. The van der Waals surface area contributed by atoms with Gasteiger partial charge in [0, 0.05) is 18.7 Å². The van der Waals surface area contributed by atoms with E-state index in [0.717, 1.165) is 29.8 Å². The largest absolute Gasteiger partial charge is 0.369 e. The zero-order valence-electron chi connectivity index (χ0n) is 17.0. The van der Waals surface area contributed by atoms with E-state index < -0.39 is 0 Å². The van der Waals surface area contributed by atoms with E-state index in [0.29, 0.717) is 18.7 Å². The van der Waals surface area contributed by atoms with Crippen LogP contribution in [0.2, 0.25) is 0 Å². The van der Waals surface area contributed by atoms with Crippen molar-refractivity contribution in [2.45, 2.75) is 46.1 Å². The Bertz CT molecular complexity index is 940. The topological polar surface area (TPSA) is 84.7 Å². The lowest BCUT2D eigenvalue weighted by Gasteiger charge is -2.19. The first kappa shape index (κ1) is 19.8. The number of carbonyl (C=O) groups is 1. The van der Waals surface area contributed by atoms with E-state index in [-0.39, 0.29) is 11.3 Å². The smallest absolute Gasteiger partial charge is 0.251 e. The third-order valence-corrected chi connectivity index (χ3v) is 4.60. The monoisotopic (exact) mass is 380 g/mol. The molecule has 0 bridgehead atoms. The zero-order valence-corrected chi connectivity index (χ0v) is 17.0. The molecule has 0 spiro atoms. The first-order chi connectivity index (χ1) is 13.4. The Morgan fingerprint density at radius 1 is 1.11 bits per heavy atom. The van der Waals surface area contributed by atoms with Crippen LogP contribution >= 0.6 is 0 Å². The molecule has 28 heavy (non-hydrogen) atoms. The molecule has 3 rings (SSSR count). The van der Waals surface area contributed by atoms with Gasteiger partial charge < -0.3 is 10.6 Å². The quantitative estimate of drug-likeness (QED) is 0.656. The van der Waals surface area contributed by atoms with Crippen LogP contribution in [0.3, 0.4) is 0 Å². The van der Waals surface area contributed by atoms with Crippen LogP contribution in [0.4, 0.5) is 5.82 Å². The molecule has 3 aromatic rings. The Hall–Kier alpha value is -2.96. The molecule has 2 heterocycles.